The van der Waals surface area contributed by atoms with E-state index in [0.29, 0.717) is 36.8 Å². The van der Waals surface area contributed by atoms with Gasteiger partial charge in [0.05, 0.1) is 0 Å². The lowest BCUT2D eigenvalue weighted by molar-refractivity contribution is -0.131. The van der Waals surface area contributed by atoms with Crippen LogP contribution >= 0.6 is 0 Å². The number of rotatable bonds is 5. The zero-order valence-corrected chi connectivity index (χ0v) is 15.1. The van der Waals surface area contributed by atoms with Crippen molar-refractivity contribution in [2.24, 2.45) is 0 Å². The van der Waals surface area contributed by atoms with Crippen molar-refractivity contribution in [3.8, 4) is 0 Å². The third kappa shape index (κ3) is 4.13. The van der Waals surface area contributed by atoms with Gasteiger partial charge in [0.1, 0.15) is 0 Å². The van der Waals surface area contributed by atoms with Crippen LogP contribution in [0, 0.1) is 6.92 Å². The molecule has 24 heavy (non-hydrogen) atoms. The molecule has 7 nitrogen and oxygen atoms in total. The number of carbonyl (C=O) groups is 1. The fourth-order valence-corrected chi connectivity index (χ4v) is 3.97. The van der Waals surface area contributed by atoms with Crippen molar-refractivity contribution < 1.29 is 9.32 Å². The van der Waals surface area contributed by atoms with Gasteiger partial charge in [0.25, 0.3) is 0 Å². The summed E-state index contributed by atoms with van der Waals surface area (Å²) in [6.07, 6.45) is 4.20. The van der Waals surface area contributed by atoms with Crippen molar-refractivity contribution in [3.63, 3.8) is 0 Å². The second-order valence-corrected chi connectivity index (χ2v) is 7.16. The molecule has 0 radical (unpaired) electrons. The molecule has 0 aliphatic carbocycles. The normalized spacial score (nSPS) is 23.7. The van der Waals surface area contributed by atoms with Crippen LogP contribution in [0.3, 0.4) is 0 Å². The minimum atomic E-state index is 0.144. The van der Waals surface area contributed by atoms with Crippen LogP contribution in [0.4, 0.5) is 0 Å². The van der Waals surface area contributed by atoms with Gasteiger partial charge in [0, 0.05) is 52.0 Å². The van der Waals surface area contributed by atoms with Crippen LogP contribution in [-0.4, -0.2) is 82.6 Å². The topological polar surface area (TPSA) is 65.7 Å². The highest BCUT2D eigenvalue weighted by molar-refractivity contribution is 5.73. The average molecular weight is 335 g/mol. The van der Waals surface area contributed by atoms with Crippen molar-refractivity contribution in [1.82, 2.24) is 24.8 Å². The first-order chi connectivity index (χ1) is 11.5. The molecule has 3 rings (SSSR count). The van der Waals surface area contributed by atoms with E-state index in [-0.39, 0.29) is 5.91 Å². The molecule has 2 aliphatic rings. The molecular formula is C17H29N5O2. The van der Waals surface area contributed by atoms with Crippen molar-refractivity contribution >= 4 is 5.91 Å². The Morgan fingerprint density at radius 3 is 2.67 bits per heavy atom. The Morgan fingerprint density at radius 1 is 1.29 bits per heavy atom. The van der Waals surface area contributed by atoms with E-state index in [0.717, 1.165) is 19.5 Å². The van der Waals surface area contributed by atoms with Crippen LogP contribution < -0.4 is 0 Å². The number of piperidine rings is 1. The van der Waals surface area contributed by atoms with Crippen molar-refractivity contribution in [1.29, 1.82) is 0 Å². The maximum atomic E-state index is 12.1. The third-order valence-corrected chi connectivity index (χ3v) is 5.39. The lowest BCUT2D eigenvalue weighted by Gasteiger charge is -2.35. The Morgan fingerprint density at radius 2 is 2.04 bits per heavy atom. The Balaban J connectivity index is 1.53. The van der Waals surface area contributed by atoms with Crippen LogP contribution in [0.1, 0.15) is 37.9 Å². The van der Waals surface area contributed by atoms with Gasteiger partial charge in [-0.05, 0) is 39.4 Å². The number of carbonyl (C=O) groups excluding carboxylic acids is 1. The van der Waals surface area contributed by atoms with E-state index in [1.807, 2.05) is 4.90 Å². The Labute approximate surface area is 144 Å². The highest BCUT2D eigenvalue weighted by Crippen LogP contribution is 2.23. The molecule has 1 aromatic rings. The monoisotopic (exact) mass is 335 g/mol. The zero-order valence-electron chi connectivity index (χ0n) is 15.1. The molecule has 7 heteroatoms. The molecule has 2 fully saturated rings. The van der Waals surface area contributed by atoms with Gasteiger partial charge in [0.15, 0.2) is 5.82 Å². The predicted octanol–water partition coefficient (Wildman–Crippen LogP) is 0.938. The fourth-order valence-electron chi connectivity index (χ4n) is 3.97. The summed E-state index contributed by atoms with van der Waals surface area (Å²) in [6, 6.07) is 0.995. The van der Waals surface area contributed by atoms with E-state index in [1.54, 1.807) is 13.8 Å². The summed E-state index contributed by atoms with van der Waals surface area (Å²) >= 11 is 0. The predicted molar refractivity (Wildman–Crippen MR) is 90.6 cm³/mol. The second-order valence-electron chi connectivity index (χ2n) is 7.16. The summed E-state index contributed by atoms with van der Waals surface area (Å²) in [5.74, 6) is 1.41. The van der Waals surface area contributed by atoms with E-state index in [9.17, 15) is 4.79 Å². The number of amides is 1. The molecule has 1 amide bonds. The first-order valence-electron chi connectivity index (χ1n) is 9.02. The maximum Gasteiger partial charge on any atom is 0.223 e. The Kier molecular flexibility index (Phi) is 5.50. The summed E-state index contributed by atoms with van der Waals surface area (Å²) < 4.78 is 5.01. The number of aromatic nitrogens is 2. The zero-order chi connectivity index (χ0) is 17.1. The highest BCUT2D eigenvalue weighted by Gasteiger charge is 2.33. The van der Waals surface area contributed by atoms with Crippen molar-refractivity contribution in [2.75, 3.05) is 39.8 Å². The number of aryl methyl sites for hydroxylation is 1. The summed E-state index contributed by atoms with van der Waals surface area (Å²) in [5.41, 5.74) is 0. The first-order valence-corrected chi connectivity index (χ1v) is 9.02. The van der Waals surface area contributed by atoms with Gasteiger partial charge in [-0.2, -0.15) is 4.98 Å². The number of nitrogens with zero attached hydrogens (tertiary/aromatic N) is 5. The number of likely N-dealkylation sites (tertiary alicyclic amines) is 2. The Hall–Kier alpha value is -1.47. The van der Waals surface area contributed by atoms with Crippen molar-refractivity contribution in [2.45, 2.75) is 51.6 Å². The van der Waals surface area contributed by atoms with Gasteiger partial charge in [-0.15, -0.1) is 0 Å². The summed E-state index contributed by atoms with van der Waals surface area (Å²) in [4.78, 5) is 23.3. The molecule has 0 N–H and O–H groups in total. The van der Waals surface area contributed by atoms with Crippen LogP contribution in [0.25, 0.3) is 0 Å². The molecule has 1 unspecified atom stereocenters. The van der Waals surface area contributed by atoms with Crippen LogP contribution in [0.15, 0.2) is 4.52 Å². The molecule has 1 atom stereocenters. The average Bonchev–Trinajstić information content (AvgIpc) is 3.18. The molecule has 1 aromatic heterocycles. The quantitative estimate of drug-likeness (QED) is 0.798. The third-order valence-electron chi connectivity index (χ3n) is 5.39. The molecule has 2 saturated heterocycles. The summed E-state index contributed by atoms with van der Waals surface area (Å²) in [7, 11) is 2.19. The molecule has 134 valence electrons. The largest absolute Gasteiger partial charge is 0.340 e. The maximum absolute atomic E-state index is 12.1. The standard InChI is InChI=1S/C17H29N5O2/c1-13-18-17(19-24-13)7-11-22(14(2)23)16-6-10-21(12-16)15-4-8-20(3)9-5-15/h15-16H,4-12H2,1-3H3. The van der Waals surface area contributed by atoms with Gasteiger partial charge in [-0.1, -0.05) is 5.16 Å². The van der Waals surface area contributed by atoms with Gasteiger partial charge in [0.2, 0.25) is 11.8 Å². The second kappa shape index (κ2) is 7.61. The minimum Gasteiger partial charge on any atom is -0.340 e. The minimum absolute atomic E-state index is 0.144. The molecule has 3 heterocycles. The van der Waals surface area contributed by atoms with Crippen molar-refractivity contribution in [3.05, 3.63) is 11.7 Å². The van der Waals surface area contributed by atoms with Crippen LogP contribution in [0.2, 0.25) is 0 Å². The summed E-state index contributed by atoms with van der Waals surface area (Å²) in [5, 5.41) is 3.93. The molecular weight excluding hydrogens is 306 g/mol. The van der Waals surface area contributed by atoms with E-state index >= 15 is 0 Å². The smallest absolute Gasteiger partial charge is 0.223 e. The van der Waals surface area contributed by atoms with Crippen LogP contribution in [-0.2, 0) is 11.2 Å². The molecule has 0 saturated carbocycles. The molecule has 0 aromatic carbocycles. The van der Waals surface area contributed by atoms with Gasteiger partial charge in [-0.25, -0.2) is 0 Å². The highest BCUT2D eigenvalue weighted by atomic mass is 16.5. The number of hydrogen-bond acceptors (Lipinski definition) is 6. The Bertz CT molecular complexity index is 553. The van der Waals surface area contributed by atoms with Crippen LogP contribution in [0.5, 0.6) is 0 Å². The summed E-state index contributed by atoms with van der Waals surface area (Å²) in [6.45, 7) is 8.58. The molecule has 2 aliphatic heterocycles. The van der Waals surface area contributed by atoms with E-state index < -0.39 is 0 Å². The van der Waals surface area contributed by atoms with E-state index in [2.05, 4.69) is 27.0 Å². The van der Waals surface area contributed by atoms with Gasteiger partial charge < -0.3 is 14.3 Å². The van der Waals surface area contributed by atoms with Gasteiger partial charge >= 0.3 is 0 Å². The first kappa shape index (κ1) is 17.4. The lowest BCUT2D eigenvalue weighted by Crippen LogP contribution is -2.46. The van der Waals surface area contributed by atoms with E-state index in [1.165, 1.54) is 25.9 Å². The fraction of sp³-hybridized carbons (Fsp3) is 0.824. The number of hydrogen-bond donors (Lipinski definition) is 0. The van der Waals surface area contributed by atoms with E-state index in [4.69, 9.17) is 4.52 Å². The van der Waals surface area contributed by atoms with Gasteiger partial charge in [-0.3, -0.25) is 9.69 Å². The molecule has 0 spiro atoms. The lowest BCUT2D eigenvalue weighted by atomic mass is 10.0. The SMILES string of the molecule is CC(=O)N(CCc1noc(C)n1)C1CCN(C2CCN(C)CC2)C1. The molecule has 0 bridgehead atoms.